The van der Waals surface area contributed by atoms with Crippen LogP contribution in [0, 0.1) is 6.92 Å². The summed E-state index contributed by atoms with van der Waals surface area (Å²) in [5.74, 6) is 0.997. The highest BCUT2D eigenvalue weighted by Gasteiger charge is 2.14. The molecule has 21 heavy (non-hydrogen) atoms. The predicted molar refractivity (Wildman–Crippen MR) is 88.7 cm³/mol. The molecule has 0 aliphatic heterocycles. The molecule has 0 fully saturated rings. The van der Waals surface area contributed by atoms with Gasteiger partial charge in [-0.05, 0) is 44.5 Å². The van der Waals surface area contributed by atoms with Crippen LogP contribution >= 0.6 is 0 Å². The van der Waals surface area contributed by atoms with E-state index >= 15 is 0 Å². The van der Waals surface area contributed by atoms with Crippen molar-refractivity contribution in [3.8, 4) is 0 Å². The van der Waals surface area contributed by atoms with Crippen LogP contribution in [0.3, 0.4) is 0 Å². The SMILES string of the molecule is CCCNC(C)c1ccccc1N(C)Cc1ccoc1C. The van der Waals surface area contributed by atoms with Crippen LogP contribution in [0.5, 0.6) is 0 Å². The van der Waals surface area contributed by atoms with E-state index in [4.69, 9.17) is 4.42 Å². The monoisotopic (exact) mass is 286 g/mol. The third-order valence-electron chi connectivity index (χ3n) is 3.89. The molecule has 1 heterocycles. The Morgan fingerprint density at radius 2 is 2.00 bits per heavy atom. The number of benzene rings is 1. The molecule has 3 nitrogen and oxygen atoms in total. The summed E-state index contributed by atoms with van der Waals surface area (Å²) in [7, 11) is 2.14. The van der Waals surface area contributed by atoms with Crippen molar-refractivity contribution in [2.75, 3.05) is 18.5 Å². The number of rotatable bonds is 7. The van der Waals surface area contributed by atoms with Gasteiger partial charge in [0.25, 0.3) is 0 Å². The number of nitrogens with zero attached hydrogens (tertiary/aromatic N) is 1. The van der Waals surface area contributed by atoms with Crippen LogP contribution in [0.15, 0.2) is 41.0 Å². The Morgan fingerprint density at radius 3 is 2.67 bits per heavy atom. The van der Waals surface area contributed by atoms with Crippen molar-refractivity contribution in [2.24, 2.45) is 0 Å². The van der Waals surface area contributed by atoms with Crippen LogP contribution in [0.2, 0.25) is 0 Å². The van der Waals surface area contributed by atoms with Gasteiger partial charge in [-0.15, -0.1) is 0 Å². The molecule has 1 aromatic heterocycles. The lowest BCUT2D eigenvalue weighted by Crippen LogP contribution is -2.24. The van der Waals surface area contributed by atoms with E-state index in [1.54, 1.807) is 6.26 Å². The molecule has 3 heteroatoms. The van der Waals surface area contributed by atoms with Crippen LogP contribution in [-0.4, -0.2) is 13.6 Å². The number of para-hydroxylation sites is 1. The highest BCUT2D eigenvalue weighted by molar-refractivity contribution is 5.54. The first-order valence-electron chi connectivity index (χ1n) is 7.70. The molecule has 0 saturated carbocycles. The minimum absolute atomic E-state index is 0.356. The van der Waals surface area contributed by atoms with Gasteiger partial charge in [-0.2, -0.15) is 0 Å². The van der Waals surface area contributed by atoms with E-state index < -0.39 is 0 Å². The summed E-state index contributed by atoms with van der Waals surface area (Å²) in [6.07, 6.45) is 2.91. The maximum Gasteiger partial charge on any atom is 0.105 e. The molecule has 2 rings (SSSR count). The molecule has 0 amide bonds. The van der Waals surface area contributed by atoms with Crippen molar-refractivity contribution >= 4 is 5.69 Å². The molecule has 0 aliphatic carbocycles. The molecule has 1 unspecified atom stereocenters. The average Bonchev–Trinajstić information content (AvgIpc) is 2.90. The first-order valence-corrected chi connectivity index (χ1v) is 7.70. The largest absolute Gasteiger partial charge is 0.469 e. The van der Waals surface area contributed by atoms with Crippen molar-refractivity contribution in [2.45, 2.75) is 39.8 Å². The number of nitrogens with one attached hydrogen (secondary N) is 1. The molecule has 0 saturated heterocycles. The van der Waals surface area contributed by atoms with Crippen molar-refractivity contribution in [3.05, 3.63) is 53.5 Å². The molecule has 0 aliphatic rings. The fourth-order valence-corrected chi connectivity index (χ4v) is 2.59. The second-order valence-corrected chi connectivity index (χ2v) is 5.59. The molecule has 0 bridgehead atoms. The van der Waals surface area contributed by atoms with Gasteiger partial charge in [0.1, 0.15) is 5.76 Å². The standard InChI is InChI=1S/C18H26N2O/c1-5-11-19-14(2)17-8-6-7-9-18(17)20(4)13-16-10-12-21-15(16)3/h6-10,12,14,19H,5,11,13H2,1-4H3. The molecule has 1 atom stereocenters. The lowest BCUT2D eigenvalue weighted by atomic mass is 10.0. The van der Waals surface area contributed by atoms with Crippen molar-refractivity contribution in [1.82, 2.24) is 5.32 Å². The predicted octanol–water partition coefficient (Wildman–Crippen LogP) is 4.29. The van der Waals surface area contributed by atoms with Gasteiger partial charge in [-0.3, -0.25) is 0 Å². The summed E-state index contributed by atoms with van der Waals surface area (Å²) < 4.78 is 5.39. The first-order chi connectivity index (χ1) is 10.1. The number of aryl methyl sites for hydroxylation is 1. The maximum absolute atomic E-state index is 5.39. The summed E-state index contributed by atoms with van der Waals surface area (Å²) in [4.78, 5) is 2.29. The van der Waals surface area contributed by atoms with E-state index in [0.29, 0.717) is 6.04 Å². The van der Waals surface area contributed by atoms with Gasteiger partial charge in [0.05, 0.1) is 6.26 Å². The smallest absolute Gasteiger partial charge is 0.105 e. The van der Waals surface area contributed by atoms with Crippen molar-refractivity contribution in [1.29, 1.82) is 0 Å². The zero-order valence-electron chi connectivity index (χ0n) is 13.5. The molecular weight excluding hydrogens is 260 g/mol. The normalized spacial score (nSPS) is 12.4. The van der Waals surface area contributed by atoms with Gasteiger partial charge in [-0.25, -0.2) is 0 Å². The fourth-order valence-electron chi connectivity index (χ4n) is 2.59. The molecule has 0 radical (unpaired) electrons. The number of hydrogen-bond acceptors (Lipinski definition) is 3. The summed E-state index contributed by atoms with van der Waals surface area (Å²) >= 11 is 0. The third kappa shape index (κ3) is 3.88. The minimum Gasteiger partial charge on any atom is -0.469 e. The second kappa shape index (κ2) is 7.32. The Hall–Kier alpha value is -1.74. The quantitative estimate of drug-likeness (QED) is 0.823. The van der Waals surface area contributed by atoms with Crippen LogP contribution in [0.1, 0.15) is 43.2 Å². The zero-order valence-corrected chi connectivity index (χ0v) is 13.5. The van der Waals surface area contributed by atoms with Gasteiger partial charge in [0.15, 0.2) is 0 Å². The topological polar surface area (TPSA) is 28.4 Å². The maximum atomic E-state index is 5.39. The van der Waals surface area contributed by atoms with Gasteiger partial charge in [0.2, 0.25) is 0 Å². The van der Waals surface area contributed by atoms with Crippen LogP contribution < -0.4 is 10.2 Å². The van der Waals surface area contributed by atoms with E-state index in [1.807, 2.05) is 13.0 Å². The highest BCUT2D eigenvalue weighted by Crippen LogP contribution is 2.27. The lowest BCUT2D eigenvalue weighted by molar-refractivity contribution is 0.529. The number of anilines is 1. The van der Waals surface area contributed by atoms with E-state index in [1.165, 1.54) is 16.8 Å². The van der Waals surface area contributed by atoms with E-state index in [0.717, 1.165) is 25.3 Å². The van der Waals surface area contributed by atoms with Crippen LogP contribution in [-0.2, 0) is 6.54 Å². The molecule has 0 spiro atoms. The Balaban J connectivity index is 2.17. The van der Waals surface area contributed by atoms with E-state index in [-0.39, 0.29) is 0 Å². The summed E-state index contributed by atoms with van der Waals surface area (Å²) in [5, 5.41) is 3.57. The molecular formula is C18H26N2O. The minimum atomic E-state index is 0.356. The van der Waals surface area contributed by atoms with Gasteiger partial charge in [-0.1, -0.05) is 25.1 Å². The molecule has 1 N–H and O–H groups in total. The van der Waals surface area contributed by atoms with E-state index in [2.05, 4.69) is 55.4 Å². The van der Waals surface area contributed by atoms with Gasteiger partial charge >= 0.3 is 0 Å². The van der Waals surface area contributed by atoms with Crippen molar-refractivity contribution in [3.63, 3.8) is 0 Å². The first kappa shape index (κ1) is 15.6. The third-order valence-corrected chi connectivity index (χ3v) is 3.89. The lowest BCUT2D eigenvalue weighted by Gasteiger charge is -2.25. The van der Waals surface area contributed by atoms with Crippen molar-refractivity contribution < 1.29 is 4.42 Å². The zero-order chi connectivity index (χ0) is 15.2. The summed E-state index contributed by atoms with van der Waals surface area (Å²) in [6, 6.07) is 11.0. The van der Waals surface area contributed by atoms with Gasteiger partial charge < -0.3 is 14.6 Å². The second-order valence-electron chi connectivity index (χ2n) is 5.59. The van der Waals surface area contributed by atoms with Crippen LogP contribution in [0.25, 0.3) is 0 Å². The molecule has 2 aromatic rings. The molecule has 1 aromatic carbocycles. The Kier molecular flexibility index (Phi) is 5.45. The highest BCUT2D eigenvalue weighted by atomic mass is 16.3. The number of hydrogen-bond donors (Lipinski definition) is 1. The molecule has 114 valence electrons. The summed E-state index contributed by atoms with van der Waals surface area (Å²) in [5.41, 5.74) is 3.85. The summed E-state index contributed by atoms with van der Waals surface area (Å²) in [6.45, 7) is 8.34. The van der Waals surface area contributed by atoms with Crippen LogP contribution in [0.4, 0.5) is 5.69 Å². The fraction of sp³-hybridized carbons (Fsp3) is 0.444. The Morgan fingerprint density at radius 1 is 1.24 bits per heavy atom. The van der Waals surface area contributed by atoms with Gasteiger partial charge in [0, 0.05) is 30.9 Å². The average molecular weight is 286 g/mol. The Bertz CT molecular complexity index is 562. The number of furan rings is 1. The van der Waals surface area contributed by atoms with E-state index in [9.17, 15) is 0 Å². The Labute approximate surface area is 128 Å².